The second kappa shape index (κ2) is 18.6. The van der Waals surface area contributed by atoms with Crippen molar-refractivity contribution in [2.45, 2.75) is 18.4 Å². The summed E-state index contributed by atoms with van der Waals surface area (Å²) in [7, 11) is 0. The average Bonchev–Trinajstić information content (AvgIpc) is 2.38. The van der Waals surface area contributed by atoms with Crippen LogP contribution in [0.3, 0.4) is 0 Å². The normalized spacial score (nSPS) is 8.71. The fourth-order valence-electron chi connectivity index (χ4n) is 1.27. The molecule has 1 aromatic carbocycles. The van der Waals surface area contributed by atoms with Crippen LogP contribution in [-0.4, -0.2) is 28.6 Å². The fraction of sp³-hybridized carbons (Fsp3) is 0.214. The van der Waals surface area contributed by atoms with Crippen LogP contribution in [0.1, 0.15) is 18.4 Å². The predicted molar refractivity (Wildman–Crippen MR) is 65.7 cm³/mol. The van der Waals surface area contributed by atoms with Crippen molar-refractivity contribution in [1.82, 2.24) is 0 Å². The van der Waals surface area contributed by atoms with Crippen LogP contribution >= 0.6 is 0 Å². The molecule has 0 fully saturated rings. The van der Waals surface area contributed by atoms with Crippen LogP contribution in [0.25, 0.3) is 6.08 Å². The van der Waals surface area contributed by atoms with Crippen molar-refractivity contribution in [2.24, 2.45) is 0 Å². The smallest absolute Gasteiger partial charge is 0.550 e. The molecule has 1 aromatic rings. The van der Waals surface area contributed by atoms with Crippen LogP contribution in [-0.2, 0) is 14.4 Å². The third-order valence-electron chi connectivity index (χ3n) is 2.29. The summed E-state index contributed by atoms with van der Waals surface area (Å²) in [6, 6.07) is 10.0. The first kappa shape index (κ1) is 33.8. The van der Waals surface area contributed by atoms with E-state index in [9.17, 15) is 29.7 Å². The molecule has 0 aliphatic carbocycles. The number of carbonyl (C=O) groups is 3. The molecular weight excluding hydrogens is 397 g/mol. The number of carboxylic acids is 3. The average molecular weight is 411 g/mol. The van der Waals surface area contributed by atoms with Crippen molar-refractivity contribution < 1.29 is 189 Å². The van der Waals surface area contributed by atoms with Crippen molar-refractivity contribution in [3.05, 3.63) is 42.5 Å². The predicted octanol–water partition coefficient (Wildman–Crippen LogP) is -11.9. The Morgan fingerprint density at radius 2 is 1.33 bits per heavy atom. The molecule has 24 heavy (non-hydrogen) atoms. The summed E-state index contributed by atoms with van der Waals surface area (Å²) in [5.74, 6) is -5.98. The molecule has 1 rings (SSSR count). The van der Waals surface area contributed by atoms with Gasteiger partial charge in [0.25, 0.3) is 0 Å². The molecule has 0 atom stereocenters. The quantitative estimate of drug-likeness (QED) is 0.459. The third kappa shape index (κ3) is 16.4. The summed E-state index contributed by atoms with van der Waals surface area (Å²) in [6.07, 6.45) is -0.882. The van der Waals surface area contributed by atoms with Gasteiger partial charge in [-0.2, -0.15) is 0 Å². The molecule has 0 aliphatic heterocycles. The molecule has 0 saturated heterocycles. The van der Waals surface area contributed by atoms with Crippen molar-refractivity contribution in [3.63, 3.8) is 0 Å². The summed E-state index contributed by atoms with van der Waals surface area (Å²) in [6.45, 7) is 3.63. The van der Waals surface area contributed by atoms with Crippen LogP contribution in [0.4, 0.5) is 0 Å². The first-order valence-corrected chi connectivity index (χ1v) is 5.72. The number of aliphatic carboxylic acids is 3. The zero-order valence-electron chi connectivity index (χ0n) is 14.0. The summed E-state index contributed by atoms with van der Waals surface area (Å²) >= 11 is 0. The van der Waals surface area contributed by atoms with Crippen molar-refractivity contribution in [2.75, 3.05) is 0 Å². The number of benzene rings is 1. The Balaban J connectivity index is -0.000000159. The Bertz CT molecular complexity index is 504. The molecule has 0 spiro atoms. The first-order chi connectivity index (χ1) is 9.71. The number of rotatable bonds is 6. The molecular formula is C14H13K3O7. The van der Waals surface area contributed by atoms with Gasteiger partial charge in [-0.3, -0.25) is 0 Å². The van der Waals surface area contributed by atoms with E-state index < -0.39 is 36.4 Å². The number of hydrogen-bond acceptors (Lipinski definition) is 7. The summed E-state index contributed by atoms with van der Waals surface area (Å²) in [5.41, 5.74) is -1.80. The standard InChI is InChI=1S/C8H8.C6H8O7.3K/c1-2-8-6-4-3-5-7-8;7-3(8)1-6(13,5(11)12)2-4(9)10;;;/h2-7H,1H2;13H,1-2H2,(H,7,8)(H,9,10)(H,11,12);;;/q;;3*+1/p-3. The topological polar surface area (TPSA) is 141 Å². The minimum absolute atomic E-state index is 0. The molecule has 0 heterocycles. The second-order valence-corrected chi connectivity index (χ2v) is 4.03. The Morgan fingerprint density at radius 3 is 1.54 bits per heavy atom. The Morgan fingerprint density at radius 1 is 0.958 bits per heavy atom. The second-order valence-electron chi connectivity index (χ2n) is 4.03. The van der Waals surface area contributed by atoms with E-state index in [2.05, 4.69) is 6.58 Å². The van der Waals surface area contributed by atoms with Gasteiger partial charge in [0, 0.05) is 24.8 Å². The van der Waals surface area contributed by atoms with Crippen LogP contribution in [0, 0.1) is 0 Å². The maximum Gasteiger partial charge on any atom is 1.00 e. The van der Waals surface area contributed by atoms with E-state index in [-0.39, 0.29) is 154 Å². The molecule has 0 bridgehead atoms. The molecule has 0 aromatic heterocycles. The van der Waals surface area contributed by atoms with Gasteiger partial charge >= 0.3 is 154 Å². The summed E-state index contributed by atoms with van der Waals surface area (Å²) in [5, 5.41) is 38.9. The number of aliphatic hydroxyl groups is 1. The van der Waals surface area contributed by atoms with E-state index in [1.54, 1.807) is 0 Å². The van der Waals surface area contributed by atoms with Crippen molar-refractivity contribution in [3.8, 4) is 0 Å². The van der Waals surface area contributed by atoms with E-state index >= 15 is 0 Å². The molecule has 10 heteroatoms. The molecule has 0 amide bonds. The number of carbonyl (C=O) groups excluding carboxylic acids is 3. The van der Waals surface area contributed by atoms with Gasteiger partial charge in [0.15, 0.2) is 0 Å². The zero-order chi connectivity index (χ0) is 16.5. The largest absolute Gasteiger partial charge is 1.00 e. The van der Waals surface area contributed by atoms with E-state index in [1.165, 1.54) is 5.56 Å². The van der Waals surface area contributed by atoms with Crippen LogP contribution in [0.2, 0.25) is 0 Å². The van der Waals surface area contributed by atoms with Crippen LogP contribution in [0.15, 0.2) is 36.9 Å². The van der Waals surface area contributed by atoms with Gasteiger partial charge in [-0.25, -0.2) is 0 Å². The van der Waals surface area contributed by atoms with Crippen LogP contribution in [0.5, 0.6) is 0 Å². The van der Waals surface area contributed by atoms with E-state index in [0.717, 1.165) is 0 Å². The van der Waals surface area contributed by atoms with Gasteiger partial charge in [0.2, 0.25) is 0 Å². The Hall–Kier alpha value is 2.24. The van der Waals surface area contributed by atoms with Gasteiger partial charge in [-0.15, -0.1) is 0 Å². The molecule has 7 nitrogen and oxygen atoms in total. The van der Waals surface area contributed by atoms with Crippen molar-refractivity contribution >= 4 is 24.0 Å². The SMILES string of the molecule is C=Cc1ccccc1.O=C([O-])CC(O)(CC(=O)[O-])C(=O)[O-].[K+].[K+].[K+]. The minimum atomic E-state index is -2.97. The van der Waals surface area contributed by atoms with Gasteiger partial charge in [0.1, 0.15) is 5.60 Å². The maximum absolute atomic E-state index is 10.1. The van der Waals surface area contributed by atoms with E-state index in [0.29, 0.717) is 0 Å². The molecule has 0 aliphatic rings. The molecule has 114 valence electrons. The molecule has 0 saturated carbocycles. The maximum atomic E-state index is 10.1. The molecule has 1 N–H and O–H groups in total. The van der Waals surface area contributed by atoms with Crippen LogP contribution < -0.4 is 169 Å². The third-order valence-corrected chi connectivity index (χ3v) is 2.29. The molecule has 0 unspecified atom stereocenters. The monoisotopic (exact) mass is 410 g/mol. The van der Waals surface area contributed by atoms with Gasteiger partial charge in [-0.05, 0) is 5.56 Å². The minimum Gasteiger partial charge on any atom is -0.550 e. The number of hydrogen-bond donors (Lipinski definition) is 1. The Kier molecular flexibility index (Phi) is 26.2. The Labute approximate surface area is 267 Å². The van der Waals surface area contributed by atoms with Gasteiger partial charge in [0.05, 0.1) is 5.97 Å². The fourth-order valence-corrected chi connectivity index (χ4v) is 1.27. The van der Waals surface area contributed by atoms with Crippen molar-refractivity contribution in [1.29, 1.82) is 0 Å². The molecule has 0 radical (unpaired) electrons. The van der Waals surface area contributed by atoms with Gasteiger partial charge < -0.3 is 34.8 Å². The first-order valence-electron chi connectivity index (χ1n) is 5.72. The summed E-state index contributed by atoms with van der Waals surface area (Å²) < 4.78 is 0. The number of carboxylic acid groups (broad SMARTS) is 3. The van der Waals surface area contributed by atoms with E-state index in [4.69, 9.17) is 5.11 Å². The summed E-state index contributed by atoms with van der Waals surface area (Å²) in [4.78, 5) is 30.0. The van der Waals surface area contributed by atoms with Gasteiger partial charge in [-0.1, -0.05) is 43.0 Å². The zero-order valence-corrected chi connectivity index (χ0v) is 23.4. The van der Waals surface area contributed by atoms with E-state index in [1.807, 2.05) is 36.4 Å².